The molecule has 1 aromatic carbocycles. The third kappa shape index (κ3) is 3.69. The first-order valence-electron chi connectivity index (χ1n) is 9.59. The smallest absolute Gasteiger partial charge is 0.252 e. The molecule has 1 amide bonds. The van der Waals surface area contributed by atoms with Crippen molar-refractivity contribution < 1.29 is 4.79 Å². The van der Waals surface area contributed by atoms with E-state index in [0.717, 1.165) is 41.8 Å². The van der Waals surface area contributed by atoms with Crippen LogP contribution >= 0.6 is 0 Å². The van der Waals surface area contributed by atoms with Gasteiger partial charge in [0.05, 0.1) is 22.5 Å². The van der Waals surface area contributed by atoms with Crippen LogP contribution in [0.25, 0.3) is 22.3 Å². The molecule has 5 heteroatoms. The molecule has 1 fully saturated rings. The summed E-state index contributed by atoms with van der Waals surface area (Å²) in [6.07, 6.45) is 4.09. The highest BCUT2D eigenvalue weighted by Gasteiger charge is 2.24. The van der Waals surface area contributed by atoms with Crippen molar-refractivity contribution in [2.24, 2.45) is 0 Å². The van der Waals surface area contributed by atoms with Crippen LogP contribution in [0.2, 0.25) is 0 Å². The molecule has 1 N–H and O–H groups in total. The number of likely N-dealkylation sites (N-methyl/N-ethyl adjacent to an activating group) is 1. The zero-order valence-electron chi connectivity index (χ0n) is 15.6. The highest BCUT2D eigenvalue weighted by atomic mass is 16.1. The first kappa shape index (κ1) is 17.6. The number of hydrogen-bond acceptors (Lipinski definition) is 4. The second kappa shape index (κ2) is 7.84. The number of likely N-dealkylation sites (tertiary alicyclic amines) is 1. The zero-order chi connectivity index (χ0) is 18.6. The Balaban J connectivity index is 1.64. The van der Waals surface area contributed by atoms with Gasteiger partial charge in [-0.15, -0.1) is 0 Å². The molecule has 4 rings (SSSR count). The highest BCUT2D eigenvalue weighted by molar-refractivity contribution is 6.07. The molecule has 1 unspecified atom stereocenters. The third-order valence-corrected chi connectivity index (χ3v) is 5.29. The van der Waals surface area contributed by atoms with Gasteiger partial charge in [0, 0.05) is 24.2 Å². The molecule has 0 saturated carbocycles. The maximum absolute atomic E-state index is 13.0. The van der Waals surface area contributed by atoms with Crippen molar-refractivity contribution in [3.05, 3.63) is 60.3 Å². The molecule has 5 nitrogen and oxygen atoms in total. The quantitative estimate of drug-likeness (QED) is 0.756. The lowest BCUT2D eigenvalue weighted by Crippen LogP contribution is -2.40. The number of fused-ring (bicyclic) bond motifs is 1. The van der Waals surface area contributed by atoms with Crippen molar-refractivity contribution in [3.63, 3.8) is 0 Å². The molecule has 138 valence electrons. The van der Waals surface area contributed by atoms with Crippen LogP contribution in [-0.2, 0) is 0 Å². The summed E-state index contributed by atoms with van der Waals surface area (Å²) in [5.74, 6) is -0.0475. The Morgan fingerprint density at radius 3 is 2.85 bits per heavy atom. The van der Waals surface area contributed by atoms with Crippen LogP contribution in [-0.4, -0.2) is 46.5 Å². The summed E-state index contributed by atoms with van der Waals surface area (Å²) >= 11 is 0. The average Bonchev–Trinajstić information content (AvgIpc) is 3.19. The molecule has 0 bridgehead atoms. The SMILES string of the molecule is CCN1CCCC1CNC(=O)c1cc(-c2ccccn2)nc2ccccc12. The lowest BCUT2D eigenvalue weighted by atomic mass is 10.1. The summed E-state index contributed by atoms with van der Waals surface area (Å²) in [5.41, 5.74) is 2.95. The first-order chi connectivity index (χ1) is 13.3. The molecule has 1 saturated heterocycles. The number of nitrogens with one attached hydrogen (secondary N) is 1. The highest BCUT2D eigenvalue weighted by Crippen LogP contribution is 2.24. The van der Waals surface area contributed by atoms with Gasteiger partial charge in [0.25, 0.3) is 5.91 Å². The van der Waals surface area contributed by atoms with Crippen LogP contribution < -0.4 is 5.32 Å². The Hall–Kier alpha value is -2.79. The van der Waals surface area contributed by atoms with E-state index in [0.29, 0.717) is 18.2 Å². The van der Waals surface area contributed by atoms with E-state index in [1.165, 1.54) is 6.42 Å². The summed E-state index contributed by atoms with van der Waals surface area (Å²) in [5, 5.41) is 4.02. The minimum Gasteiger partial charge on any atom is -0.350 e. The monoisotopic (exact) mass is 360 g/mol. The van der Waals surface area contributed by atoms with E-state index in [1.807, 2.05) is 48.5 Å². The van der Waals surface area contributed by atoms with Gasteiger partial charge in [0.1, 0.15) is 0 Å². The van der Waals surface area contributed by atoms with Crippen LogP contribution in [0.1, 0.15) is 30.1 Å². The van der Waals surface area contributed by atoms with Crippen molar-refractivity contribution in [1.29, 1.82) is 0 Å². The Kier molecular flexibility index (Phi) is 5.12. The van der Waals surface area contributed by atoms with Gasteiger partial charge in [-0.25, -0.2) is 4.98 Å². The number of nitrogens with zero attached hydrogens (tertiary/aromatic N) is 3. The number of carbonyl (C=O) groups excluding carboxylic acids is 1. The maximum atomic E-state index is 13.0. The van der Waals surface area contributed by atoms with E-state index >= 15 is 0 Å². The molecular weight excluding hydrogens is 336 g/mol. The lowest BCUT2D eigenvalue weighted by Gasteiger charge is -2.23. The normalized spacial score (nSPS) is 17.3. The van der Waals surface area contributed by atoms with E-state index in [2.05, 4.69) is 22.1 Å². The van der Waals surface area contributed by atoms with Crippen molar-refractivity contribution in [3.8, 4) is 11.4 Å². The predicted octanol–water partition coefficient (Wildman–Crippen LogP) is 3.51. The van der Waals surface area contributed by atoms with Crippen molar-refractivity contribution in [1.82, 2.24) is 20.2 Å². The molecule has 27 heavy (non-hydrogen) atoms. The third-order valence-electron chi connectivity index (χ3n) is 5.29. The summed E-state index contributed by atoms with van der Waals surface area (Å²) in [6, 6.07) is 15.8. The molecule has 3 aromatic rings. The van der Waals surface area contributed by atoms with Gasteiger partial charge in [-0.1, -0.05) is 31.2 Å². The van der Waals surface area contributed by atoms with Gasteiger partial charge in [0.2, 0.25) is 0 Å². The fourth-order valence-corrected chi connectivity index (χ4v) is 3.86. The predicted molar refractivity (Wildman–Crippen MR) is 108 cm³/mol. The summed E-state index contributed by atoms with van der Waals surface area (Å²) in [4.78, 5) is 24.5. The first-order valence-corrected chi connectivity index (χ1v) is 9.59. The maximum Gasteiger partial charge on any atom is 0.252 e. The molecule has 0 aliphatic carbocycles. The molecule has 0 radical (unpaired) electrons. The Morgan fingerprint density at radius 1 is 1.19 bits per heavy atom. The van der Waals surface area contributed by atoms with Gasteiger partial charge < -0.3 is 5.32 Å². The van der Waals surface area contributed by atoms with E-state index < -0.39 is 0 Å². The largest absolute Gasteiger partial charge is 0.350 e. The molecular formula is C22H24N4O. The van der Waals surface area contributed by atoms with Crippen molar-refractivity contribution >= 4 is 16.8 Å². The summed E-state index contributed by atoms with van der Waals surface area (Å²) in [6.45, 7) is 5.01. The number of rotatable bonds is 5. The topological polar surface area (TPSA) is 58.1 Å². The number of benzene rings is 1. The number of aromatic nitrogens is 2. The number of pyridine rings is 2. The standard InChI is InChI=1S/C22H24N4O/c1-2-26-13-7-8-16(26)15-24-22(27)18-14-21(20-11-5-6-12-23-20)25-19-10-4-3-9-17(18)19/h3-6,9-12,14,16H,2,7-8,13,15H2,1H3,(H,24,27). The number of para-hydroxylation sites is 1. The van der Waals surface area contributed by atoms with Gasteiger partial charge in [-0.2, -0.15) is 0 Å². The van der Waals surface area contributed by atoms with E-state index in [-0.39, 0.29) is 5.91 Å². The van der Waals surface area contributed by atoms with E-state index in [1.54, 1.807) is 6.20 Å². The number of carbonyl (C=O) groups is 1. The minimum absolute atomic E-state index is 0.0475. The van der Waals surface area contributed by atoms with E-state index in [4.69, 9.17) is 4.98 Å². The Bertz CT molecular complexity index is 941. The molecule has 1 aliphatic rings. The summed E-state index contributed by atoms with van der Waals surface area (Å²) in [7, 11) is 0. The van der Waals surface area contributed by atoms with Crippen LogP contribution in [0.4, 0.5) is 0 Å². The minimum atomic E-state index is -0.0475. The summed E-state index contributed by atoms with van der Waals surface area (Å²) < 4.78 is 0. The van der Waals surface area contributed by atoms with Gasteiger partial charge in [-0.05, 0) is 50.2 Å². The van der Waals surface area contributed by atoms with Gasteiger partial charge in [-0.3, -0.25) is 14.7 Å². The molecule has 0 spiro atoms. The van der Waals surface area contributed by atoms with Crippen LogP contribution in [0.3, 0.4) is 0 Å². The van der Waals surface area contributed by atoms with Crippen LogP contribution in [0.15, 0.2) is 54.7 Å². The second-order valence-electron chi connectivity index (χ2n) is 6.92. The zero-order valence-corrected chi connectivity index (χ0v) is 15.6. The van der Waals surface area contributed by atoms with E-state index in [9.17, 15) is 4.79 Å². The fraction of sp³-hybridized carbons (Fsp3) is 0.318. The number of hydrogen-bond donors (Lipinski definition) is 1. The second-order valence-corrected chi connectivity index (χ2v) is 6.92. The lowest BCUT2D eigenvalue weighted by molar-refractivity contribution is 0.0943. The van der Waals surface area contributed by atoms with Crippen LogP contribution in [0.5, 0.6) is 0 Å². The average molecular weight is 360 g/mol. The van der Waals surface area contributed by atoms with Gasteiger partial charge in [0.15, 0.2) is 0 Å². The van der Waals surface area contributed by atoms with Crippen LogP contribution in [0, 0.1) is 0 Å². The molecule has 1 atom stereocenters. The Labute approximate surface area is 159 Å². The van der Waals surface area contributed by atoms with Crippen molar-refractivity contribution in [2.45, 2.75) is 25.8 Å². The fourth-order valence-electron chi connectivity index (χ4n) is 3.86. The van der Waals surface area contributed by atoms with Gasteiger partial charge >= 0.3 is 0 Å². The van der Waals surface area contributed by atoms with Crippen molar-refractivity contribution in [2.75, 3.05) is 19.6 Å². The molecule has 3 heterocycles. The molecule has 1 aliphatic heterocycles. The molecule has 2 aromatic heterocycles. The Morgan fingerprint density at radius 2 is 2.04 bits per heavy atom. The number of amides is 1.